The average Bonchev–Trinajstić information content (AvgIpc) is 3.56. The molecule has 1 aliphatic carbocycles. The fraction of sp³-hybridized carbons (Fsp3) is 0.333. The number of benzene rings is 2. The first-order valence-corrected chi connectivity index (χ1v) is 12.7. The van der Waals surface area contributed by atoms with Crippen LogP contribution in [0.4, 0.5) is 5.69 Å². The van der Waals surface area contributed by atoms with E-state index in [1.807, 2.05) is 24.5 Å². The zero-order valence-corrected chi connectivity index (χ0v) is 20.1. The van der Waals surface area contributed by atoms with E-state index >= 15 is 0 Å². The van der Waals surface area contributed by atoms with Crippen molar-refractivity contribution in [3.63, 3.8) is 0 Å². The maximum atomic E-state index is 7.61. The Morgan fingerprint density at radius 3 is 2.88 bits per heavy atom. The van der Waals surface area contributed by atoms with Gasteiger partial charge in [0, 0.05) is 65.4 Å². The smallest absolute Gasteiger partial charge is 0.0788 e. The Morgan fingerprint density at radius 1 is 1.18 bits per heavy atom. The van der Waals surface area contributed by atoms with Crippen LogP contribution in [0.3, 0.4) is 0 Å². The maximum absolute atomic E-state index is 7.61. The van der Waals surface area contributed by atoms with E-state index in [0.717, 1.165) is 61.8 Å². The summed E-state index contributed by atoms with van der Waals surface area (Å²) >= 11 is 1.93. The van der Waals surface area contributed by atoms with Gasteiger partial charge in [0.05, 0.1) is 25.0 Å². The van der Waals surface area contributed by atoms with Gasteiger partial charge in [0.15, 0.2) is 0 Å². The van der Waals surface area contributed by atoms with Crippen LogP contribution in [0.1, 0.15) is 33.2 Å². The first kappa shape index (κ1) is 21.5. The number of hydrogen-bond acceptors (Lipinski definition) is 7. The highest BCUT2D eigenvalue weighted by Crippen LogP contribution is 2.47. The number of anilines is 1. The summed E-state index contributed by atoms with van der Waals surface area (Å²) in [6.07, 6.45) is 2.41. The average molecular weight is 472 g/mol. The Bertz CT molecular complexity index is 1260. The van der Waals surface area contributed by atoms with Crippen molar-refractivity contribution in [2.24, 2.45) is 11.0 Å². The molecule has 34 heavy (non-hydrogen) atoms. The highest BCUT2D eigenvalue weighted by atomic mass is 32.1. The van der Waals surface area contributed by atoms with E-state index in [1.54, 1.807) is 0 Å². The molecule has 3 aromatic rings. The van der Waals surface area contributed by atoms with Gasteiger partial charge < -0.3 is 20.9 Å². The summed E-state index contributed by atoms with van der Waals surface area (Å²) in [5, 5.41) is 15.6. The number of hydrogen-bond donors (Lipinski definition) is 3. The molecule has 3 heterocycles. The van der Waals surface area contributed by atoms with Gasteiger partial charge in [-0.3, -0.25) is 4.90 Å². The Kier molecular flexibility index (Phi) is 5.69. The molecule has 6 rings (SSSR count). The summed E-state index contributed by atoms with van der Waals surface area (Å²) in [6.45, 7) is 4.67. The lowest BCUT2D eigenvalue weighted by molar-refractivity contribution is 0.0342. The van der Waals surface area contributed by atoms with E-state index in [0.29, 0.717) is 5.92 Å². The summed E-state index contributed by atoms with van der Waals surface area (Å²) < 4.78 is 5.49. The lowest BCUT2D eigenvalue weighted by Gasteiger charge is -2.26. The van der Waals surface area contributed by atoms with Crippen LogP contribution < -0.4 is 10.7 Å². The fourth-order valence-corrected chi connectivity index (χ4v) is 6.62. The first-order chi connectivity index (χ1) is 16.7. The number of hydrazone groups is 1. The molecule has 0 spiro atoms. The zero-order valence-electron chi connectivity index (χ0n) is 19.3. The molecule has 1 fully saturated rings. The standard InChI is InChI=1S/C27H29N5OS/c1-29-23-12-19(5-6-20(23)15-28)26-22-14-25-21(27(22)31-30-26)13-24(34-25)18-4-2-3-17(11-18)16-32-7-9-33-10-8-32/h2-6,11-13,15,22,27-29,31H,7-10,14,16H2,1H3. The van der Waals surface area contributed by atoms with Gasteiger partial charge in [-0.05, 0) is 41.3 Å². The van der Waals surface area contributed by atoms with Gasteiger partial charge >= 0.3 is 0 Å². The van der Waals surface area contributed by atoms with Gasteiger partial charge in [0.25, 0.3) is 0 Å². The normalized spacial score (nSPS) is 21.5. The van der Waals surface area contributed by atoms with E-state index in [1.165, 1.54) is 32.7 Å². The van der Waals surface area contributed by atoms with Crippen molar-refractivity contribution < 1.29 is 4.74 Å². The van der Waals surface area contributed by atoms with Crippen molar-refractivity contribution in [2.75, 3.05) is 38.7 Å². The largest absolute Gasteiger partial charge is 0.388 e. The molecular weight excluding hydrogens is 442 g/mol. The minimum atomic E-state index is 0.243. The molecule has 174 valence electrons. The molecule has 2 aromatic carbocycles. The molecule has 3 aliphatic rings. The van der Waals surface area contributed by atoms with Crippen LogP contribution in [0, 0.1) is 11.3 Å². The molecule has 2 unspecified atom stereocenters. The third-order valence-corrected chi connectivity index (χ3v) is 8.38. The van der Waals surface area contributed by atoms with Gasteiger partial charge in [-0.2, -0.15) is 5.10 Å². The molecule has 2 aliphatic heterocycles. The number of nitrogens with one attached hydrogen (secondary N) is 3. The number of ether oxygens (including phenoxy) is 1. The monoisotopic (exact) mass is 471 g/mol. The van der Waals surface area contributed by atoms with Crippen molar-refractivity contribution in [3.8, 4) is 10.4 Å². The molecular formula is C27H29N5OS. The molecule has 0 amide bonds. The third-order valence-electron chi connectivity index (χ3n) is 7.16. The van der Waals surface area contributed by atoms with Crippen LogP contribution >= 0.6 is 11.3 Å². The molecule has 1 saturated heterocycles. The van der Waals surface area contributed by atoms with Crippen LogP contribution in [-0.2, 0) is 17.7 Å². The predicted octanol–water partition coefficient (Wildman–Crippen LogP) is 4.51. The van der Waals surface area contributed by atoms with E-state index in [4.69, 9.17) is 15.2 Å². The lowest BCUT2D eigenvalue weighted by Crippen LogP contribution is -2.35. The van der Waals surface area contributed by atoms with Crippen LogP contribution in [0.25, 0.3) is 10.4 Å². The van der Waals surface area contributed by atoms with Gasteiger partial charge in [-0.1, -0.05) is 30.3 Å². The Balaban J connectivity index is 1.21. The van der Waals surface area contributed by atoms with E-state index in [9.17, 15) is 0 Å². The number of rotatable bonds is 6. The molecule has 7 heteroatoms. The van der Waals surface area contributed by atoms with E-state index in [2.05, 4.69) is 58.1 Å². The van der Waals surface area contributed by atoms with Gasteiger partial charge in [-0.25, -0.2) is 0 Å². The molecule has 0 radical (unpaired) electrons. The van der Waals surface area contributed by atoms with Gasteiger partial charge in [-0.15, -0.1) is 11.3 Å². The quantitative estimate of drug-likeness (QED) is 0.463. The summed E-state index contributed by atoms with van der Waals surface area (Å²) in [5.41, 5.74) is 11.6. The predicted molar refractivity (Wildman–Crippen MR) is 139 cm³/mol. The van der Waals surface area contributed by atoms with Crippen molar-refractivity contribution >= 4 is 29.0 Å². The second-order valence-corrected chi connectivity index (χ2v) is 10.3. The Morgan fingerprint density at radius 2 is 2.06 bits per heavy atom. The molecule has 0 bridgehead atoms. The number of nitrogens with zero attached hydrogens (tertiary/aromatic N) is 2. The second kappa shape index (κ2) is 8.98. The summed E-state index contributed by atoms with van der Waals surface area (Å²) in [4.78, 5) is 5.28. The molecule has 6 nitrogen and oxygen atoms in total. The fourth-order valence-electron chi connectivity index (χ4n) is 5.36. The van der Waals surface area contributed by atoms with Crippen molar-refractivity contribution in [1.82, 2.24) is 10.3 Å². The minimum Gasteiger partial charge on any atom is -0.388 e. The number of morpholine rings is 1. The SMILES string of the molecule is CNc1cc(C2=NNC3c4cc(-c5cccc(CN6CCOCC6)c5)sc4CC23)ccc1C=N. The molecule has 0 saturated carbocycles. The summed E-state index contributed by atoms with van der Waals surface area (Å²) in [6, 6.07) is 17.8. The Labute approximate surface area is 204 Å². The third kappa shape index (κ3) is 3.83. The van der Waals surface area contributed by atoms with Crippen molar-refractivity contribution in [1.29, 1.82) is 5.41 Å². The topological polar surface area (TPSA) is 72.7 Å². The molecule has 2 atom stereocenters. The number of fused-ring (bicyclic) bond motifs is 3. The van der Waals surface area contributed by atoms with Gasteiger partial charge in [0.1, 0.15) is 0 Å². The molecule has 1 aromatic heterocycles. The summed E-state index contributed by atoms with van der Waals surface area (Å²) in [5.74, 6) is 0.360. The highest BCUT2D eigenvalue weighted by Gasteiger charge is 2.41. The van der Waals surface area contributed by atoms with Crippen LogP contribution in [-0.4, -0.2) is 50.2 Å². The van der Waals surface area contributed by atoms with Crippen LogP contribution in [0.5, 0.6) is 0 Å². The van der Waals surface area contributed by atoms with E-state index in [-0.39, 0.29) is 6.04 Å². The second-order valence-electron chi connectivity index (χ2n) is 9.19. The first-order valence-electron chi connectivity index (χ1n) is 11.9. The minimum absolute atomic E-state index is 0.243. The number of thiophene rings is 1. The highest BCUT2D eigenvalue weighted by molar-refractivity contribution is 7.15. The zero-order chi connectivity index (χ0) is 23.1. The van der Waals surface area contributed by atoms with Crippen LogP contribution in [0.15, 0.2) is 53.6 Å². The lowest BCUT2D eigenvalue weighted by atomic mass is 9.91. The van der Waals surface area contributed by atoms with Gasteiger partial charge in [0.2, 0.25) is 0 Å². The van der Waals surface area contributed by atoms with Crippen molar-refractivity contribution in [3.05, 3.63) is 75.7 Å². The Hall–Kier alpha value is -3.00. The maximum Gasteiger partial charge on any atom is 0.0788 e. The molecule has 3 N–H and O–H groups in total. The van der Waals surface area contributed by atoms with Crippen LogP contribution in [0.2, 0.25) is 0 Å². The van der Waals surface area contributed by atoms with Crippen molar-refractivity contribution in [2.45, 2.75) is 19.0 Å². The summed E-state index contributed by atoms with van der Waals surface area (Å²) in [7, 11) is 1.90. The van der Waals surface area contributed by atoms with E-state index < -0.39 is 0 Å².